The molecule has 3 aromatic rings. The molecule has 0 fully saturated rings. The first kappa shape index (κ1) is 14.7. The normalized spacial score (nSPS) is 10.3. The highest BCUT2D eigenvalue weighted by molar-refractivity contribution is 5.90. The van der Waals surface area contributed by atoms with Crippen molar-refractivity contribution < 1.29 is 4.79 Å². The van der Waals surface area contributed by atoms with E-state index in [1.807, 2.05) is 48.5 Å². The number of benzene rings is 2. The quantitative estimate of drug-likeness (QED) is 0.805. The summed E-state index contributed by atoms with van der Waals surface area (Å²) in [6.45, 7) is -0.0736. The number of hydrogen-bond acceptors (Lipinski definition) is 3. The Hall–Kier alpha value is -3.21. The average molecular weight is 305 g/mol. The zero-order chi connectivity index (χ0) is 16.1. The lowest BCUT2D eigenvalue weighted by molar-refractivity contribution is -0.116. The van der Waals surface area contributed by atoms with Crippen LogP contribution in [0.1, 0.15) is 0 Å². The van der Waals surface area contributed by atoms with Crippen molar-refractivity contribution in [1.29, 1.82) is 0 Å². The summed E-state index contributed by atoms with van der Waals surface area (Å²) in [5, 5.41) is 2.74. The molecule has 0 saturated heterocycles. The van der Waals surface area contributed by atoms with Gasteiger partial charge in [0.05, 0.1) is 12.0 Å². The van der Waals surface area contributed by atoms with Gasteiger partial charge in [0.25, 0.3) is 5.56 Å². The van der Waals surface area contributed by atoms with Crippen molar-refractivity contribution in [1.82, 2.24) is 9.55 Å². The summed E-state index contributed by atoms with van der Waals surface area (Å²) >= 11 is 0. The minimum absolute atomic E-state index is 0.0736. The molecular formula is C18H15N3O2. The first-order valence-corrected chi connectivity index (χ1v) is 7.19. The highest BCUT2D eigenvalue weighted by Gasteiger charge is 2.07. The zero-order valence-corrected chi connectivity index (χ0v) is 12.3. The molecule has 0 atom stereocenters. The van der Waals surface area contributed by atoms with Gasteiger partial charge in [0, 0.05) is 17.3 Å². The average Bonchev–Trinajstić information content (AvgIpc) is 2.58. The lowest BCUT2D eigenvalue weighted by Gasteiger charge is -2.08. The minimum atomic E-state index is -0.271. The molecule has 0 aliphatic rings. The van der Waals surface area contributed by atoms with Crippen LogP contribution in [0.25, 0.3) is 11.3 Å². The van der Waals surface area contributed by atoms with Crippen molar-refractivity contribution in [2.45, 2.75) is 6.54 Å². The Kier molecular flexibility index (Phi) is 4.29. The van der Waals surface area contributed by atoms with Crippen LogP contribution in [-0.4, -0.2) is 15.5 Å². The van der Waals surface area contributed by atoms with Crippen LogP contribution in [0, 0.1) is 0 Å². The van der Waals surface area contributed by atoms with E-state index in [9.17, 15) is 9.59 Å². The Labute approximate surface area is 133 Å². The first-order chi connectivity index (χ1) is 11.2. The number of anilines is 1. The molecule has 1 amide bonds. The summed E-state index contributed by atoms with van der Waals surface area (Å²) in [6, 6.07) is 20.0. The number of amides is 1. The summed E-state index contributed by atoms with van der Waals surface area (Å²) in [7, 11) is 0. The summed E-state index contributed by atoms with van der Waals surface area (Å²) in [5.41, 5.74) is 1.89. The summed E-state index contributed by atoms with van der Waals surface area (Å²) in [6.07, 6.45) is 1.40. The van der Waals surface area contributed by atoms with Crippen molar-refractivity contribution in [3.63, 3.8) is 0 Å². The molecule has 2 aromatic carbocycles. The van der Waals surface area contributed by atoms with Crippen molar-refractivity contribution in [2.75, 3.05) is 5.32 Å². The smallest absolute Gasteiger partial charge is 0.254 e. The van der Waals surface area contributed by atoms with Gasteiger partial charge in [-0.3, -0.25) is 14.2 Å². The van der Waals surface area contributed by atoms with Crippen molar-refractivity contribution in [3.05, 3.63) is 83.4 Å². The summed E-state index contributed by atoms with van der Waals surface area (Å²) in [4.78, 5) is 28.4. The van der Waals surface area contributed by atoms with Crippen LogP contribution < -0.4 is 10.9 Å². The maximum absolute atomic E-state index is 12.1. The SMILES string of the molecule is O=C(Cn1cnc(-c2ccccc2)cc1=O)Nc1ccccc1. The molecule has 0 aliphatic carbocycles. The molecule has 23 heavy (non-hydrogen) atoms. The summed E-state index contributed by atoms with van der Waals surface area (Å²) in [5.74, 6) is -0.271. The van der Waals surface area contributed by atoms with Gasteiger partial charge < -0.3 is 5.32 Å². The lowest BCUT2D eigenvalue weighted by Crippen LogP contribution is -2.27. The van der Waals surface area contributed by atoms with Crippen LogP contribution in [0.15, 0.2) is 77.9 Å². The van der Waals surface area contributed by atoms with Gasteiger partial charge in [-0.15, -0.1) is 0 Å². The van der Waals surface area contributed by atoms with E-state index in [-0.39, 0.29) is 18.0 Å². The second-order valence-corrected chi connectivity index (χ2v) is 5.02. The van der Waals surface area contributed by atoms with E-state index in [1.54, 1.807) is 12.1 Å². The predicted octanol–water partition coefficient (Wildman–Crippen LogP) is 2.55. The number of para-hydroxylation sites is 1. The van der Waals surface area contributed by atoms with Crippen molar-refractivity contribution in [2.24, 2.45) is 0 Å². The zero-order valence-electron chi connectivity index (χ0n) is 12.3. The number of rotatable bonds is 4. The maximum atomic E-state index is 12.1. The molecule has 1 heterocycles. The number of carbonyl (C=O) groups is 1. The molecule has 0 unspecified atom stereocenters. The van der Waals surface area contributed by atoms with Gasteiger partial charge >= 0.3 is 0 Å². The minimum Gasteiger partial charge on any atom is -0.325 e. The number of nitrogens with zero attached hydrogens (tertiary/aromatic N) is 2. The van der Waals surface area contributed by atoms with E-state index in [4.69, 9.17) is 0 Å². The monoisotopic (exact) mass is 305 g/mol. The largest absolute Gasteiger partial charge is 0.325 e. The Morgan fingerprint density at radius 2 is 1.65 bits per heavy atom. The molecule has 5 heteroatoms. The molecule has 1 N–H and O–H groups in total. The topological polar surface area (TPSA) is 64.0 Å². The second-order valence-electron chi connectivity index (χ2n) is 5.02. The van der Waals surface area contributed by atoms with Crippen LogP contribution in [0.3, 0.4) is 0 Å². The van der Waals surface area contributed by atoms with E-state index >= 15 is 0 Å². The van der Waals surface area contributed by atoms with E-state index in [1.165, 1.54) is 17.0 Å². The maximum Gasteiger partial charge on any atom is 0.254 e. The van der Waals surface area contributed by atoms with Crippen LogP contribution in [0.2, 0.25) is 0 Å². The molecule has 3 rings (SSSR count). The number of carbonyl (C=O) groups excluding carboxylic acids is 1. The second kappa shape index (κ2) is 6.70. The van der Waals surface area contributed by atoms with Gasteiger partial charge in [-0.25, -0.2) is 4.98 Å². The van der Waals surface area contributed by atoms with Gasteiger partial charge in [-0.2, -0.15) is 0 Å². The van der Waals surface area contributed by atoms with E-state index < -0.39 is 0 Å². The lowest BCUT2D eigenvalue weighted by atomic mass is 10.1. The molecule has 0 spiro atoms. The van der Waals surface area contributed by atoms with Crippen LogP contribution in [-0.2, 0) is 11.3 Å². The van der Waals surface area contributed by atoms with Crippen molar-refractivity contribution in [3.8, 4) is 11.3 Å². The third-order valence-corrected chi connectivity index (χ3v) is 3.32. The first-order valence-electron chi connectivity index (χ1n) is 7.19. The summed E-state index contributed by atoms with van der Waals surface area (Å²) < 4.78 is 1.28. The molecule has 0 aliphatic heterocycles. The molecule has 0 saturated carbocycles. The van der Waals surface area contributed by atoms with Crippen LogP contribution >= 0.6 is 0 Å². The molecule has 0 radical (unpaired) electrons. The molecular weight excluding hydrogens is 290 g/mol. The van der Waals surface area contributed by atoms with Gasteiger partial charge in [0.15, 0.2) is 0 Å². The molecule has 1 aromatic heterocycles. The van der Waals surface area contributed by atoms with Crippen LogP contribution in [0.5, 0.6) is 0 Å². The van der Waals surface area contributed by atoms with E-state index in [0.29, 0.717) is 11.4 Å². The molecule has 114 valence electrons. The predicted molar refractivity (Wildman–Crippen MR) is 89.0 cm³/mol. The fourth-order valence-corrected chi connectivity index (χ4v) is 2.19. The van der Waals surface area contributed by atoms with E-state index in [2.05, 4.69) is 10.3 Å². The third-order valence-electron chi connectivity index (χ3n) is 3.32. The molecule has 0 bridgehead atoms. The highest BCUT2D eigenvalue weighted by Crippen LogP contribution is 2.13. The van der Waals surface area contributed by atoms with Gasteiger partial charge in [-0.1, -0.05) is 48.5 Å². The fourth-order valence-electron chi connectivity index (χ4n) is 2.19. The van der Waals surface area contributed by atoms with Gasteiger partial charge in [-0.05, 0) is 12.1 Å². The van der Waals surface area contributed by atoms with Crippen LogP contribution in [0.4, 0.5) is 5.69 Å². The third kappa shape index (κ3) is 3.71. The van der Waals surface area contributed by atoms with Gasteiger partial charge in [0.2, 0.25) is 5.91 Å². The van der Waals surface area contributed by atoms with E-state index in [0.717, 1.165) is 5.56 Å². The highest BCUT2D eigenvalue weighted by atomic mass is 16.2. The van der Waals surface area contributed by atoms with Crippen molar-refractivity contribution >= 4 is 11.6 Å². The number of nitrogens with one attached hydrogen (secondary N) is 1. The van der Waals surface area contributed by atoms with Gasteiger partial charge in [0.1, 0.15) is 6.54 Å². The Morgan fingerprint density at radius 3 is 2.30 bits per heavy atom. The Bertz CT molecular complexity index is 858. The number of aromatic nitrogens is 2. The number of hydrogen-bond donors (Lipinski definition) is 1. The Balaban J connectivity index is 1.74. The standard InChI is InChI=1S/C18H15N3O2/c22-17(20-15-9-5-2-6-10-15)12-21-13-19-16(11-18(21)23)14-7-3-1-4-8-14/h1-11,13H,12H2,(H,20,22). The molecule has 5 nitrogen and oxygen atoms in total. The fraction of sp³-hybridized carbons (Fsp3) is 0.0556. The Morgan fingerprint density at radius 1 is 1.00 bits per heavy atom.